The van der Waals surface area contributed by atoms with Gasteiger partial charge in [0.25, 0.3) is 0 Å². The van der Waals surface area contributed by atoms with Gasteiger partial charge in [0, 0.05) is 41.6 Å². The number of carbonyl (C=O) groups is 2. The molecule has 2 saturated heterocycles. The molecular formula is C28H36ClN5O5. The second-order valence-electron chi connectivity index (χ2n) is 11.7. The number of benzene rings is 1. The fraction of sp³-hybridized carbons (Fsp3) is 0.536. The maximum Gasteiger partial charge on any atom is 0.413 e. The number of nitrogens with one attached hydrogen (secondary N) is 2. The van der Waals surface area contributed by atoms with E-state index in [0.29, 0.717) is 35.9 Å². The largest absolute Gasteiger partial charge is 0.427 e. The van der Waals surface area contributed by atoms with Crippen molar-refractivity contribution in [1.82, 2.24) is 19.8 Å². The van der Waals surface area contributed by atoms with E-state index in [1.807, 2.05) is 49.6 Å². The molecule has 0 radical (unpaired) electrons. The minimum absolute atomic E-state index is 0.0286. The van der Waals surface area contributed by atoms with Gasteiger partial charge in [-0.25, -0.2) is 4.79 Å². The zero-order valence-corrected chi connectivity index (χ0v) is 23.5. The SMILES string of the molecule is CC1(C)CN(CC(=O)N2CCC(C(C)(C)O)CC2)C(OC(=O)Nc2cc(Cl)cc3c2[nH]c2cnccc23)CO1. The van der Waals surface area contributed by atoms with Crippen molar-refractivity contribution in [3.8, 4) is 0 Å². The smallest absolute Gasteiger partial charge is 0.413 e. The van der Waals surface area contributed by atoms with Crippen molar-refractivity contribution < 1.29 is 24.2 Å². The first-order valence-electron chi connectivity index (χ1n) is 13.3. The lowest BCUT2D eigenvalue weighted by Gasteiger charge is -2.43. The Kier molecular flexibility index (Phi) is 7.49. The highest BCUT2D eigenvalue weighted by Crippen LogP contribution is 2.33. The number of nitrogens with zero attached hydrogens (tertiary/aromatic N) is 3. The molecule has 0 spiro atoms. The molecule has 2 amide bonds. The Morgan fingerprint density at radius 2 is 2.03 bits per heavy atom. The van der Waals surface area contributed by atoms with Gasteiger partial charge >= 0.3 is 6.09 Å². The molecule has 4 heterocycles. The fourth-order valence-corrected chi connectivity index (χ4v) is 5.81. The number of fused-ring (bicyclic) bond motifs is 3. The standard InChI is InChI=1S/C28H36ClN5O5/c1-27(2)16-34(14-23(35)33-9-6-17(7-10-33)28(3,4)37)24(15-38-27)39-26(36)32-21-12-18(29)11-20-19-5-8-30-13-22(19)31-25(20)21/h5,8,11-13,17,24,31,37H,6-7,9-10,14-16H2,1-4H3,(H,32,36). The number of pyridine rings is 1. The number of halogens is 1. The Bertz CT molecular complexity index is 1380. The number of piperidine rings is 1. The van der Waals surface area contributed by atoms with Crippen LogP contribution < -0.4 is 5.32 Å². The number of likely N-dealkylation sites (tertiary alicyclic amines) is 1. The number of H-pyrrole nitrogens is 1. The summed E-state index contributed by atoms with van der Waals surface area (Å²) >= 11 is 6.37. The summed E-state index contributed by atoms with van der Waals surface area (Å²) in [6, 6.07) is 5.38. The molecule has 210 valence electrons. The number of hydrogen-bond donors (Lipinski definition) is 3. The van der Waals surface area contributed by atoms with Crippen LogP contribution in [0.2, 0.25) is 5.02 Å². The number of aromatic nitrogens is 2. The molecule has 39 heavy (non-hydrogen) atoms. The van der Waals surface area contributed by atoms with E-state index in [2.05, 4.69) is 15.3 Å². The predicted octanol–water partition coefficient (Wildman–Crippen LogP) is 4.36. The van der Waals surface area contributed by atoms with E-state index in [4.69, 9.17) is 21.1 Å². The average molecular weight is 558 g/mol. The number of morpholine rings is 1. The molecule has 1 unspecified atom stereocenters. The Morgan fingerprint density at radius 3 is 2.74 bits per heavy atom. The van der Waals surface area contributed by atoms with Crippen molar-refractivity contribution in [1.29, 1.82) is 0 Å². The summed E-state index contributed by atoms with van der Waals surface area (Å²) in [6.45, 7) is 9.39. The highest BCUT2D eigenvalue weighted by Gasteiger charge is 2.39. The molecule has 2 fully saturated rings. The lowest BCUT2D eigenvalue weighted by molar-refractivity contribution is -0.178. The third-order valence-electron chi connectivity index (χ3n) is 7.75. The second kappa shape index (κ2) is 10.6. The summed E-state index contributed by atoms with van der Waals surface area (Å²) in [7, 11) is 0. The molecule has 2 aliphatic rings. The zero-order chi connectivity index (χ0) is 27.9. The van der Waals surface area contributed by atoms with Crippen LogP contribution in [0.25, 0.3) is 21.8 Å². The number of aromatic amines is 1. The Labute approximate surface area is 232 Å². The van der Waals surface area contributed by atoms with Crippen LogP contribution in [0, 0.1) is 5.92 Å². The van der Waals surface area contributed by atoms with Crippen LogP contribution in [0.3, 0.4) is 0 Å². The van der Waals surface area contributed by atoms with Crippen molar-refractivity contribution in [3.63, 3.8) is 0 Å². The predicted molar refractivity (Wildman–Crippen MR) is 150 cm³/mol. The van der Waals surface area contributed by atoms with E-state index in [0.717, 1.165) is 29.1 Å². The summed E-state index contributed by atoms with van der Waals surface area (Å²) in [5.41, 5.74) is 0.760. The molecular weight excluding hydrogens is 522 g/mol. The Hall–Kier alpha value is -2.92. The number of aliphatic hydroxyl groups is 1. The minimum Gasteiger partial charge on any atom is -0.427 e. The summed E-state index contributed by atoms with van der Waals surface area (Å²) in [6.07, 6.45) is 3.51. The van der Waals surface area contributed by atoms with Gasteiger partial charge in [0.2, 0.25) is 5.91 Å². The molecule has 5 rings (SSSR count). The minimum atomic E-state index is -0.756. The molecule has 2 aliphatic heterocycles. The van der Waals surface area contributed by atoms with Gasteiger partial charge in [-0.2, -0.15) is 0 Å². The van der Waals surface area contributed by atoms with Gasteiger partial charge in [0.1, 0.15) is 0 Å². The highest BCUT2D eigenvalue weighted by molar-refractivity contribution is 6.32. The fourth-order valence-electron chi connectivity index (χ4n) is 5.59. The first kappa shape index (κ1) is 27.6. The first-order chi connectivity index (χ1) is 18.4. The molecule has 1 atom stereocenters. The molecule has 1 aromatic carbocycles. The molecule has 3 aromatic rings. The topological polar surface area (TPSA) is 120 Å². The lowest BCUT2D eigenvalue weighted by Crippen LogP contribution is -2.58. The van der Waals surface area contributed by atoms with Crippen LogP contribution in [0.4, 0.5) is 10.5 Å². The van der Waals surface area contributed by atoms with Crippen LogP contribution >= 0.6 is 11.6 Å². The second-order valence-corrected chi connectivity index (χ2v) is 12.1. The van der Waals surface area contributed by atoms with Crippen LogP contribution in [-0.4, -0.2) is 87.1 Å². The zero-order valence-electron chi connectivity index (χ0n) is 22.8. The number of rotatable bonds is 5. The van der Waals surface area contributed by atoms with Gasteiger partial charge < -0.3 is 24.5 Å². The van der Waals surface area contributed by atoms with Crippen LogP contribution in [0.15, 0.2) is 30.6 Å². The van der Waals surface area contributed by atoms with E-state index in [9.17, 15) is 14.7 Å². The van der Waals surface area contributed by atoms with Gasteiger partial charge in [-0.15, -0.1) is 0 Å². The molecule has 2 aromatic heterocycles. The van der Waals surface area contributed by atoms with E-state index < -0.39 is 23.5 Å². The summed E-state index contributed by atoms with van der Waals surface area (Å²) in [5.74, 6) is 0.134. The van der Waals surface area contributed by atoms with E-state index in [1.165, 1.54) is 0 Å². The Balaban J connectivity index is 1.27. The van der Waals surface area contributed by atoms with E-state index in [1.54, 1.807) is 18.5 Å². The lowest BCUT2D eigenvalue weighted by atomic mass is 9.83. The number of anilines is 1. The highest BCUT2D eigenvalue weighted by atomic mass is 35.5. The van der Waals surface area contributed by atoms with Crippen molar-refractivity contribution >= 4 is 51.1 Å². The van der Waals surface area contributed by atoms with Crippen molar-refractivity contribution in [2.24, 2.45) is 5.92 Å². The normalized spacial score (nSPS) is 20.9. The third kappa shape index (κ3) is 6.14. The average Bonchev–Trinajstić information content (AvgIpc) is 3.24. The van der Waals surface area contributed by atoms with Gasteiger partial charge in [-0.05, 0) is 64.7 Å². The van der Waals surface area contributed by atoms with E-state index in [-0.39, 0.29) is 25.0 Å². The van der Waals surface area contributed by atoms with Crippen molar-refractivity contribution in [2.75, 3.05) is 38.1 Å². The summed E-state index contributed by atoms with van der Waals surface area (Å²) < 4.78 is 11.7. The van der Waals surface area contributed by atoms with Crippen LogP contribution in [0.1, 0.15) is 40.5 Å². The van der Waals surface area contributed by atoms with E-state index >= 15 is 0 Å². The number of amides is 2. The molecule has 3 N–H and O–H groups in total. The molecule has 0 saturated carbocycles. The summed E-state index contributed by atoms with van der Waals surface area (Å²) in [4.78, 5) is 37.4. The molecule has 10 nitrogen and oxygen atoms in total. The quantitative estimate of drug-likeness (QED) is 0.426. The number of hydrogen-bond acceptors (Lipinski definition) is 7. The van der Waals surface area contributed by atoms with Crippen LogP contribution in [0.5, 0.6) is 0 Å². The molecule has 0 bridgehead atoms. The first-order valence-corrected chi connectivity index (χ1v) is 13.7. The number of carbonyl (C=O) groups excluding carboxylic acids is 2. The number of ether oxygens (including phenoxy) is 2. The maximum atomic E-state index is 13.2. The van der Waals surface area contributed by atoms with Crippen molar-refractivity contribution in [2.45, 2.75) is 58.0 Å². The van der Waals surface area contributed by atoms with Gasteiger partial charge in [-0.1, -0.05) is 11.6 Å². The third-order valence-corrected chi connectivity index (χ3v) is 7.96. The summed E-state index contributed by atoms with van der Waals surface area (Å²) in [5, 5.41) is 15.4. The monoisotopic (exact) mass is 557 g/mol. The van der Waals surface area contributed by atoms with Crippen LogP contribution in [-0.2, 0) is 14.3 Å². The maximum absolute atomic E-state index is 13.2. The van der Waals surface area contributed by atoms with Gasteiger partial charge in [-0.3, -0.25) is 20.0 Å². The Morgan fingerprint density at radius 1 is 1.28 bits per heavy atom. The molecule has 0 aliphatic carbocycles. The van der Waals surface area contributed by atoms with Gasteiger partial charge in [0.15, 0.2) is 6.23 Å². The van der Waals surface area contributed by atoms with Crippen molar-refractivity contribution in [3.05, 3.63) is 35.6 Å². The molecule has 11 heteroatoms. The van der Waals surface area contributed by atoms with Gasteiger partial charge in [0.05, 0.1) is 47.3 Å².